The van der Waals surface area contributed by atoms with E-state index in [2.05, 4.69) is 0 Å². The van der Waals surface area contributed by atoms with Gasteiger partial charge in [0.2, 0.25) is 5.91 Å². The van der Waals surface area contributed by atoms with Crippen LogP contribution in [0.2, 0.25) is 0 Å². The van der Waals surface area contributed by atoms with E-state index in [9.17, 15) is 4.79 Å². The predicted octanol–water partition coefficient (Wildman–Crippen LogP) is 2.62. The summed E-state index contributed by atoms with van der Waals surface area (Å²) in [5, 5.41) is 0.710. The molecule has 1 fully saturated rings. The molecule has 0 N–H and O–H groups in total. The Morgan fingerprint density at radius 2 is 2.05 bits per heavy atom. The molecule has 0 radical (unpaired) electrons. The monoisotopic (exact) mass is 286 g/mol. The first-order valence-electron chi connectivity index (χ1n) is 6.57. The Morgan fingerprint density at radius 3 is 2.53 bits per heavy atom. The molecular weight excluding hydrogens is 264 g/mol. The molecule has 5 heteroatoms. The molecule has 108 valence electrons. The van der Waals surface area contributed by atoms with E-state index in [0.29, 0.717) is 18.1 Å². The van der Waals surface area contributed by atoms with Crippen molar-refractivity contribution in [3.8, 4) is 0 Å². The van der Waals surface area contributed by atoms with Crippen molar-refractivity contribution in [3.05, 3.63) is 10.6 Å². The molecule has 0 aromatic rings. The van der Waals surface area contributed by atoms with Gasteiger partial charge in [-0.2, -0.15) is 0 Å². The van der Waals surface area contributed by atoms with E-state index in [0.717, 1.165) is 17.7 Å². The molecule has 1 heterocycles. The number of carbonyl (C=O) groups is 1. The summed E-state index contributed by atoms with van der Waals surface area (Å²) in [6.45, 7) is 8.71. The second kappa shape index (κ2) is 7.06. The number of rotatable bonds is 3. The quantitative estimate of drug-likeness (QED) is 0.800. The summed E-state index contributed by atoms with van der Waals surface area (Å²) >= 11 is 6.15. The van der Waals surface area contributed by atoms with E-state index in [4.69, 9.17) is 21.3 Å². The molecule has 0 aromatic carbocycles. The van der Waals surface area contributed by atoms with E-state index in [1.807, 2.05) is 20.8 Å². The first-order valence-corrected chi connectivity index (χ1v) is 6.95. The maximum absolute atomic E-state index is 11.5. The second-order valence-corrected chi connectivity index (χ2v) is 5.53. The number of halogens is 1. The van der Waals surface area contributed by atoms with Crippen LogP contribution in [0.25, 0.3) is 0 Å². The molecule has 0 spiro atoms. The second-order valence-electron chi connectivity index (χ2n) is 4.96. The number of hydrogen-bond acceptors (Lipinski definition) is 3. The SMILES string of the molecule is COC(C)[C@H](C)N=C1CCN(C(C)=O)C/C1=C(/C)Cl. The Morgan fingerprint density at radius 1 is 1.42 bits per heavy atom. The number of ether oxygens (including phenoxy) is 1. The van der Waals surface area contributed by atoms with Gasteiger partial charge in [0.1, 0.15) is 0 Å². The highest BCUT2D eigenvalue weighted by Crippen LogP contribution is 2.21. The van der Waals surface area contributed by atoms with Crippen LogP contribution in [0, 0.1) is 0 Å². The number of nitrogens with zero attached hydrogens (tertiary/aromatic N) is 2. The van der Waals surface area contributed by atoms with Crippen molar-refractivity contribution in [2.45, 2.75) is 46.3 Å². The lowest BCUT2D eigenvalue weighted by Crippen LogP contribution is -2.39. The normalized spacial score (nSPS) is 24.3. The molecule has 1 unspecified atom stereocenters. The average molecular weight is 287 g/mol. The zero-order chi connectivity index (χ0) is 14.6. The molecule has 4 nitrogen and oxygen atoms in total. The minimum absolute atomic E-state index is 0.0650. The van der Waals surface area contributed by atoms with Crippen molar-refractivity contribution in [1.82, 2.24) is 4.90 Å². The molecule has 1 aliphatic heterocycles. The molecule has 0 aliphatic carbocycles. The van der Waals surface area contributed by atoms with Crippen LogP contribution in [-0.4, -0.2) is 48.9 Å². The van der Waals surface area contributed by atoms with Gasteiger partial charge in [-0.15, -0.1) is 0 Å². The van der Waals surface area contributed by atoms with E-state index < -0.39 is 0 Å². The Balaban J connectivity index is 2.93. The lowest BCUT2D eigenvalue weighted by atomic mass is 10.0. The topological polar surface area (TPSA) is 41.9 Å². The van der Waals surface area contributed by atoms with Crippen LogP contribution in [-0.2, 0) is 9.53 Å². The largest absolute Gasteiger partial charge is 0.380 e. The third-order valence-electron chi connectivity index (χ3n) is 3.59. The highest BCUT2D eigenvalue weighted by Gasteiger charge is 2.24. The Kier molecular flexibility index (Phi) is 6.01. The van der Waals surface area contributed by atoms with Crippen molar-refractivity contribution in [2.75, 3.05) is 20.2 Å². The molecule has 1 saturated heterocycles. The summed E-state index contributed by atoms with van der Waals surface area (Å²) in [4.78, 5) is 18.0. The van der Waals surface area contributed by atoms with Gasteiger partial charge in [0.25, 0.3) is 0 Å². The lowest BCUT2D eigenvalue weighted by Gasteiger charge is -2.30. The minimum atomic E-state index is 0.0650. The van der Waals surface area contributed by atoms with E-state index in [1.54, 1.807) is 18.9 Å². The number of likely N-dealkylation sites (tertiary alicyclic amines) is 1. The summed E-state index contributed by atoms with van der Waals surface area (Å²) in [6, 6.07) is 0.0786. The Labute approximate surface area is 120 Å². The lowest BCUT2D eigenvalue weighted by molar-refractivity contribution is -0.128. The molecule has 1 amide bonds. The zero-order valence-corrected chi connectivity index (χ0v) is 13.1. The molecule has 19 heavy (non-hydrogen) atoms. The summed E-state index contributed by atoms with van der Waals surface area (Å²) in [7, 11) is 1.68. The van der Waals surface area contributed by atoms with E-state index in [-0.39, 0.29) is 18.1 Å². The molecule has 1 aliphatic rings. The maximum Gasteiger partial charge on any atom is 0.219 e. The highest BCUT2D eigenvalue weighted by molar-refractivity contribution is 6.32. The summed E-state index contributed by atoms with van der Waals surface area (Å²) in [5.74, 6) is 0.0766. The number of piperidine rings is 1. The Hall–Kier alpha value is -0.870. The molecule has 1 rings (SSSR count). The highest BCUT2D eigenvalue weighted by atomic mass is 35.5. The number of amides is 1. The number of carbonyl (C=O) groups excluding carboxylic acids is 1. The molecule has 0 bridgehead atoms. The van der Waals surface area contributed by atoms with Crippen molar-refractivity contribution >= 4 is 23.2 Å². The van der Waals surface area contributed by atoms with Gasteiger partial charge >= 0.3 is 0 Å². The maximum atomic E-state index is 11.5. The van der Waals surface area contributed by atoms with Crippen molar-refractivity contribution < 1.29 is 9.53 Å². The predicted molar refractivity (Wildman–Crippen MR) is 78.8 cm³/mol. The van der Waals surface area contributed by atoms with Crippen molar-refractivity contribution in [1.29, 1.82) is 0 Å². The number of aliphatic imine (C=N–C) groups is 1. The average Bonchev–Trinajstić information content (AvgIpc) is 2.37. The molecule has 0 aromatic heterocycles. The van der Waals surface area contributed by atoms with Gasteiger partial charge < -0.3 is 9.64 Å². The van der Waals surface area contributed by atoms with Crippen LogP contribution in [0.3, 0.4) is 0 Å². The number of allylic oxidation sites excluding steroid dienone is 1. The van der Waals surface area contributed by atoms with Gasteiger partial charge in [-0.25, -0.2) is 0 Å². The van der Waals surface area contributed by atoms with Crippen LogP contribution in [0.5, 0.6) is 0 Å². The van der Waals surface area contributed by atoms with Gasteiger partial charge in [-0.1, -0.05) is 11.6 Å². The van der Waals surface area contributed by atoms with Crippen LogP contribution < -0.4 is 0 Å². The summed E-state index contributed by atoms with van der Waals surface area (Å²) in [5.41, 5.74) is 1.97. The van der Waals surface area contributed by atoms with E-state index >= 15 is 0 Å². The first-order chi connectivity index (χ1) is 8.86. The molecular formula is C14H23ClN2O2. The number of methoxy groups -OCH3 is 1. The van der Waals surface area contributed by atoms with Crippen LogP contribution >= 0.6 is 11.6 Å². The van der Waals surface area contributed by atoms with Gasteiger partial charge in [0.05, 0.1) is 12.1 Å². The fourth-order valence-electron chi connectivity index (χ4n) is 2.02. The van der Waals surface area contributed by atoms with Crippen molar-refractivity contribution in [3.63, 3.8) is 0 Å². The third-order valence-corrected chi connectivity index (χ3v) is 3.82. The smallest absolute Gasteiger partial charge is 0.219 e. The summed E-state index contributed by atoms with van der Waals surface area (Å²) < 4.78 is 5.29. The first kappa shape index (κ1) is 16.2. The zero-order valence-electron chi connectivity index (χ0n) is 12.4. The van der Waals surface area contributed by atoms with Gasteiger partial charge in [0, 0.05) is 49.9 Å². The van der Waals surface area contributed by atoms with Crippen LogP contribution in [0.1, 0.15) is 34.1 Å². The van der Waals surface area contributed by atoms with Crippen LogP contribution in [0.15, 0.2) is 15.6 Å². The summed E-state index contributed by atoms with van der Waals surface area (Å²) in [6.07, 6.45) is 0.815. The Bertz CT molecular complexity index is 400. The third kappa shape index (κ3) is 4.32. The molecule has 2 atom stereocenters. The minimum Gasteiger partial charge on any atom is -0.380 e. The van der Waals surface area contributed by atoms with Gasteiger partial charge in [-0.05, 0) is 20.8 Å². The fourth-order valence-corrected chi connectivity index (χ4v) is 2.19. The van der Waals surface area contributed by atoms with Crippen LogP contribution in [0.4, 0.5) is 0 Å². The van der Waals surface area contributed by atoms with Crippen molar-refractivity contribution in [2.24, 2.45) is 4.99 Å². The standard InChI is InChI=1S/C14H23ClN2O2/c1-9(15)13-8-17(12(4)18)7-6-14(13)16-10(2)11(3)19-5/h10-11H,6-8H2,1-5H3/b13-9+,16-14?/t10-,11?/m0/s1. The fraction of sp³-hybridized carbons (Fsp3) is 0.714. The number of hydrogen-bond donors (Lipinski definition) is 0. The van der Waals surface area contributed by atoms with Gasteiger partial charge in [-0.3, -0.25) is 9.79 Å². The van der Waals surface area contributed by atoms with Gasteiger partial charge in [0.15, 0.2) is 0 Å². The molecule has 0 saturated carbocycles. The van der Waals surface area contributed by atoms with E-state index in [1.165, 1.54) is 0 Å².